The van der Waals surface area contributed by atoms with Crippen molar-refractivity contribution in [3.8, 4) is 0 Å². The van der Waals surface area contributed by atoms with E-state index in [9.17, 15) is 9.59 Å². The number of hydrogen-bond donors (Lipinski definition) is 1. The molecule has 2 heterocycles. The first-order valence-electron chi connectivity index (χ1n) is 9.56. The van der Waals surface area contributed by atoms with Crippen molar-refractivity contribution in [2.45, 2.75) is 19.4 Å². The average Bonchev–Trinajstić information content (AvgIpc) is 3.54. The second kappa shape index (κ2) is 7.80. The van der Waals surface area contributed by atoms with Gasteiger partial charge >= 0.3 is 0 Å². The van der Waals surface area contributed by atoms with Crippen LogP contribution in [0.15, 0.2) is 48.8 Å². The first-order valence-corrected chi connectivity index (χ1v) is 9.93. The molecule has 2 fully saturated rings. The van der Waals surface area contributed by atoms with E-state index in [2.05, 4.69) is 15.2 Å². The molecule has 146 valence electrons. The minimum Gasteiger partial charge on any atom is -0.368 e. The molecule has 2 aliphatic rings. The molecule has 1 saturated carbocycles. The minimum atomic E-state index is -0.870. The molecule has 4 rings (SSSR count). The number of anilines is 1. The monoisotopic (exact) mass is 398 g/mol. The van der Waals surface area contributed by atoms with Gasteiger partial charge in [-0.1, -0.05) is 17.7 Å². The Labute approximate surface area is 169 Å². The fourth-order valence-electron chi connectivity index (χ4n) is 3.66. The van der Waals surface area contributed by atoms with Crippen LogP contribution in [0, 0.1) is 5.41 Å². The normalized spacial score (nSPS) is 17.9. The van der Waals surface area contributed by atoms with E-state index >= 15 is 0 Å². The van der Waals surface area contributed by atoms with Crippen molar-refractivity contribution in [3.05, 3.63) is 59.4 Å². The molecule has 2 aromatic rings. The van der Waals surface area contributed by atoms with E-state index in [1.807, 2.05) is 41.3 Å². The summed E-state index contributed by atoms with van der Waals surface area (Å²) in [5.74, 6) is -0.197. The summed E-state index contributed by atoms with van der Waals surface area (Å²) in [5.41, 5.74) is 1.17. The van der Waals surface area contributed by atoms with Gasteiger partial charge in [0.2, 0.25) is 11.8 Å². The zero-order valence-electron chi connectivity index (χ0n) is 15.6. The summed E-state index contributed by atoms with van der Waals surface area (Å²) in [7, 11) is 0. The van der Waals surface area contributed by atoms with Crippen LogP contribution in [-0.2, 0) is 16.1 Å². The number of piperazine rings is 1. The van der Waals surface area contributed by atoms with Crippen LogP contribution in [0.4, 0.5) is 5.69 Å². The lowest BCUT2D eigenvalue weighted by Gasteiger charge is -2.37. The number of aromatic nitrogens is 1. The number of benzene rings is 1. The van der Waals surface area contributed by atoms with Gasteiger partial charge < -0.3 is 15.1 Å². The van der Waals surface area contributed by atoms with Crippen LogP contribution < -0.4 is 10.2 Å². The van der Waals surface area contributed by atoms with E-state index in [4.69, 9.17) is 11.6 Å². The number of nitrogens with zero attached hydrogens (tertiary/aromatic N) is 3. The Morgan fingerprint density at radius 3 is 2.43 bits per heavy atom. The fourth-order valence-corrected chi connectivity index (χ4v) is 3.84. The van der Waals surface area contributed by atoms with Gasteiger partial charge in [0.25, 0.3) is 0 Å². The molecule has 1 aromatic carbocycles. The molecule has 0 unspecified atom stereocenters. The van der Waals surface area contributed by atoms with Crippen LogP contribution in [0.5, 0.6) is 0 Å². The number of hydrogen-bond acceptors (Lipinski definition) is 4. The molecule has 0 atom stereocenters. The molecule has 1 aliphatic heterocycles. The molecule has 2 amide bonds. The maximum atomic E-state index is 13.0. The van der Waals surface area contributed by atoms with E-state index in [-0.39, 0.29) is 11.8 Å². The molecule has 1 aromatic heterocycles. The van der Waals surface area contributed by atoms with Crippen molar-refractivity contribution >= 4 is 29.1 Å². The lowest BCUT2D eigenvalue weighted by Crippen LogP contribution is -2.53. The summed E-state index contributed by atoms with van der Waals surface area (Å²) in [6.07, 6.45) is 4.64. The van der Waals surface area contributed by atoms with E-state index in [1.54, 1.807) is 12.4 Å². The van der Waals surface area contributed by atoms with Gasteiger partial charge in [-0.2, -0.15) is 0 Å². The van der Waals surface area contributed by atoms with Crippen LogP contribution in [0.2, 0.25) is 5.02 Å². The second-order valence-corrected chi connectivity index (χ2v) is 7.82. The molecular weight excluding hydrogens is 376 g/mol. The maximum absolute atomic E-state index is 13.0. The summed E-state index contributed by atoms with van der Waals surface area (Å²) in [6, 6.07) is 11.5. The first kappa shape index (κ1) is 18.7. The lowest BCUT2D eigenvalue weighted by molar-refractivity contribution is -0.144. The Kier molecular flexibility index (Phi) is 5.22. The Balaban J connectivity index is 1.33. The smallest absolute Gasteiger partial charge is 0.238 e. The highest BCUT2D eigenvalue weighted by Crippen LogP contribution is 2.47. The highest BCUT2D eigenvalue weighted by Gasteiger charge is 2.58. The van der Waals surface area contributed by atoms with Crippen LogP contribution in [0.25, 0.3) is 0 Å². The Bertz CT molecular complexity index is 862. The Morgan fingerprint density at radius 2 is 1.79 bits per heavy atom. The minimum absolute atomic E-state index is 0.0366. The number of nitrogens with one attached hydrogen (secondary N) is 1. The van der Waals surface area contributed by atoms with E-state index < -0.39 is 5.41 Å². The van der Waals surface area contributed by atoms with Gasteiger partial charge in [-0.05, 0) is 48.7 Å². The third-order valence-electron chi connectivity index (χ3n) is 5.54. The molecule has 28 heavy (non-hydrogen) atoms. The number of halogens is 1. The Hall–Kier alpha value is -2.60. The summed E-state index contributed by atoms with van der Waals surface area (Å²) in [4.78, 5) is 33.8. The highest BCUT2D eigenvalue weighted by atomic mass is 35.5. The predicted octanol–water partition coefficient (Wildman–Crippen LogP) is 2.48. The number of rotatable bonds is 5. The van der Waals surface area contributed by atoms with Crippen LogP contribution in [0.1, 0.15) is 18.4 Å². The lowest BCUT2D eigenvalue weighted by atomic mass is 10.0. The van der Waals surface area contributed by atoms with Crippen molar-refractivity contribution in [2.24, 2.45) is 5.41 Å². The van der Waals surface area contributed by atoms with Crippen molar-refractivity contribution in [1.29, 1.82) is 0 Å². The van der Waals surface area contributed by atoms with Gasteiger partial charge in [0, 0.05) is 55.8 Å². The predicted molar refractivity (Wildman–Crippen MR) is 108 cm³/mol. The summed E-state index contributed by atoms with van der Waals surface area (Å²) >= 11 is 6.08. The third kappa shape index (κ3) is 3.83. The molecule has 0 bridgehead atoms. The zero-order valence-corrected chi connectivity index (χ0v) is 16.4. The third-order valence-corrected chi connectivity index (χ3v) is 5.77. The van der Waals surface area contributed by atoms with Crippen LogP contribution in [0.3, 0.4) is 0 Å². The molecule has 1 saturated heterocycles. The fraction of sp³-hybridized carbons (Fsp3) is 0.381. The quantitative estimate of drug-likeness (QED) is 0.786. The molecule has 1 N–H and O–H groups in total. The van der Waals surface area contributed by atoms with Crippen LogP contribution in [-0.4, -0.2) is 47.9 Å². The molecule has 7 heteroatoms. The van der Waals surface area contributed by atoms with Crippen molar-refractivity contribution in [2.75, 3.05) is 31.1 Å². The largest absolute Gasteiger partial charge is 0.368 e. The molecule has 1 aliphatic carbocycles. The summed E-state index contributed by atoms with van der Waals surface area (Å²) < 4.78 is 0. The topological polar surface area (TPSA) is 65.5 Å². The SMILES string of the molecule is O=C(NCc1ccncc1)C1(C(=O)N2CCN(c3cccc(Cl)c3)CC2)CC1. The van der Waals surface area contributed by atoms with Gasteiger partial charge in [0.05, 0.1) is 0 Å². The van der Waals surface area contributed by atoms with Crippen molar-refractivity contribution < 1.29 is 9.59 Å². The number of pyridine rings is 1. The Morgan fingerprint density at radius 1 is 1.07 bits per heavy atom. The molecule has 0 radical (unpaired) electrons. The average molecular weight is 399 g/mol. The highest BCUT2D eigenvalue weighted by molar-refractivity contribution is 6.30. The van der Waals surface area contributed by atoms with Gasteiger partial charge in [-0.25, -0.2) is 0 Å². The molecular formula is C21H23ClN4O2. The number of carbonyl (C=O) groups excluding carboxylic acids is 2. The zero-order chi connectivity index (χ0) is 19.6. The van der Waals surface area contributed by atoms with Crippen molar-refractivity contribution in [1.82, 2.24) is 15.2 Å². The second-order valence-electron chi connectivity index (χ2n) is 7.38. The van der Waals surface area contributed by atoms with Crippen molar-refractivity contribution in [3.63, 3.8) is 0 Å². The van der Waals surface area contributed by atoms with E-state index in [1.165, 1.54) is 0 Å². The number of amides is 2. The first-order chi connectivity index (χ1) is 13.6. The maximum Gasteiger partial charge on any atom is 0.238 e. The van der Waals surface area contributed by atoms with Crippen LogP contribution >= 0.6 is 11.6 Å². The van der Waals surface area contributed by atoms with E-state index in [0.717, 1.165) is 24.3 Å². The molecule has 6 nitrogen and oxygen atoms in total. The summed E-state index contributed by atoms with van der Waals surface area (Å²) in [5, 5.41) is 3.63. The summed E-state index contributed by atoms with van der Waals surface area (Å²) in [6.45, 7) is 3.12. The van der Waals surface area contributed by atoms with Gasteiger partial charge in [-0.15, -0.1) is 0 Å². The van der Waals surface area contributed by atoms with E-state index in [0.29, 0.717) is 37.5 Å². The van der Waals surface area contributed by atoms with Gasteiger partial charge in [0.15, 0.2) is 0 Å². The standard InChI is InChI=1S/C21H23ClN4O2/c22-17-2-1-3-18(14-17)25-10-12-26(13-11-25)20(28)21(6-7-21)19(27)24-15-16-4-8-23-9-5-16/h1-5,8-9,14H,6-7,10-13,15H2,(H,24,27). The van der Waals surface area contributed by atoms with Gasteiger partial charge in [-0.3, -0.25) is 14.6 Å². The molecule has 0 spiro atoms. The number of carbonyl (C=O) groups is 2. The van der Waals surface area contributed by atoms with Gasteiger partial charge in [0.1, 0.15) is 5.41 Å².